The van der Waals surface area contributed by atoms with Gasteiger partial charge in [-0.15, -0.1) is 0 Å². The second-order valence-corrected chi connectivity index (χ2v) is 6.95. The van der Waals surface area contributed by atoms with Crippen molar-refractivity contribution in [2.24, 2.45) is 0 Å². The number of methoxy groups -OCH3 is 2. The molecule has 0 fully saturated rings. The molecule has 2 aromatic carbocycles. The highest BCUT2D eigenvalue weighted by molar-refractivity contribution is 6.39. The van der Waals surface area contributed by atoms with E-state index in [0.29, 0.717) is 17.2 Å². The van der Waals surface area contributed by atoms with Crippen molar-refractivity contribution in [3.05, 3.63) is 53.1 Å². The molecule has 2 aromatic rings. The first-order valence-electron chi connectivity index (χ1n) is 9.47. The second kappa shape index (κ2) is 8.78. The predicted octanol–water partition coefficient (Wildman–Crippen LogP) is 3.40. The average Bonchev–Trinajstić information content (AvgIpc) is 2.73. The van der Waals surface area contributed by atoms with Crippen molar-refractivity contribution in [2.45, 2.75) is 38.6 Å². The first kappa shape index (κ1) is 19.7. The summed E-state index contributed by atoms with van der Waals surface area (Å²) in [5.41, 5.74) is 4.11. The first-order chi connectivity index (χ1) is 13.5. The van der Waals surface area contributed by atoms with Crippen molar-refractivity contribution in [3.63, 3.8) is 0 Å². The molecule has 28 heavy (non-hydrogen) atoms. The number of amides is 2. The SMILES string of the molecule is COc1ccc(OC)c(NC(=O)C(=O)NC(C)c2ccc3c(c2)CCCC3)c1. The zero-order chi connectivity index (χ0) is 20.1. The number of ether oxygens (including phenoxy) is 2. The predicted molar refractivity (Wildman–Crippen MR) is 108 cm³/mol. The quantitative estimate of drug-likeness (QED) is 0.777. The zero-order valence-corrected chi connectivity index (χ0v) is 16.5. The third-order valence-electron chi connectivity index (χ3n) is 5.08. The number of carbonyl (C=O) groups is 2. The van der Waals surface area contributed by atoms with Gasteiger partial charge in [-0.3, -0.25) is 9.59 Å². The minimum Gasteiger partial charge on any atom is -0.497 e. The van der Waals surface area contributed by atoms with Crippen LogP contribution in [0.25, 0.3) is 0 Å². The summed E-state index contributed by atoms with van der Waals surface area (Å²) in [4.78, 5) is 24.7. The van der Waals surface area contributed by atoms with Gasteiger partial charge in [0.05, 0.1) is 25.9 Å². The van der Waals surface area contributed by atoms with Crippen molar-refractivity contribution in [3.8, 4) is 11.5 Å². The number of benzene rings is 2. The molecule has 1 atom stereocenters. The monoisotopic (exact) mass is 382 g/mol. The molecule has 0 aromatic heterocycles. The lowest BCUT2D eigenvalue weighted by molar-refractivity contribution is -0.136. The highest BCUT2D eigenvalue weighted by Gasteiger charge is 2.20. The van der Waals surface area contributed by atoms with Crippen LogP contribution in [0.2, 0.25) is 0 Å². The van der Waals surface area contributed by atoms with Gasteiger partial charge in [-0.25, -0.2) is 0 Å². The van der Waals surface area contributed by atoms with E-state index in [1.807, 2.05) is 13.0 Å². The van der Waals surface area contributed by atoms with Crippen molar-refractivity contribution in [1.82, 2.24) is 5.32 Å². The van der Waals surface area contributed by atoms with E-state index in [1.165, 1.54) is 38.2 Å². The van der Waals surface area contributed by atoms with Crippen LogP contribution in [0.15, 0.2) is 36.4 Å². The van der Waals surface area contributed by atoms with Crippen molar-refractivity contribution < 1.29 is 19.1 Å². The fourth-order valence-electron chi connectivity index (χ4n) is 3.46. The van der Waals surface area contributed by atoms with Crippen molar-refractivity contribution in [2.75, 3.05) is 19.5 Å². The van der Waals surface area contributed by atoms with Crippen LogP contribution in [-0.2, 0) is 22.4 Å². The van der Waals surface area contributed by atoms with Gasteiger partial charge in [0.2, 0.25) is 0 Å². The molecule has 148 valence electrons. The summed E-state index contributed by atoms with van der Waals surface area (Å²) in [6, 6.07) is 11.0. The molecule has 0 saturated heterocycles. The number of hydrogen-bond acceptors (Lipinski definition) is 4. The fourth-order valence-corrected chi connectivity index (χ4v) is 3.46. The van der Waals surface area contributed by atoms with Crippen molar-refractivity contribution >= 4 is 17.5 Å². The summed E-state index contributed by atoms with van der Waals surface area (Å²) >= 11 is 0. The van der Waals surface area contributed by atoms with Gasteiger partial charge in [-0.2, -0.15) is 0 Å². The molecule has 3 rings (SSSR count). The molecule has 0 heterocycles. The van der Waals surface area contributed by atoms with E-state index >= 15 is 0 Å². The average molecular weight is 382 g/mol. The van der Waals surface area contributed by atoms with Gasteiger partial charge in [0, 0.05) is 6.07 Å². The summed E-state index contributed by atoms with van der Waals surface area (Å²) in [5, 5.41) is 5.35. The third kappa shape index (κ3) is 4.44. The summed E-state index contributed by atoms with van der Waals surface area (Å²) in [6.07, 6.45) is 4.61. The minimum atomic E-state index is -0.753. The first-order valence-corrected chi connectivity index (χ1v) is 9.47. The minimum absolute atomic E-state index is 0.266. The van der Waals surface area contributed by atoms with Crippen LogP contribution in [0, 0.1) is 0 Å². The molecule has 0 bridgehead atoms. The van der Waals surface area contributed by atoms with Crippen LogP contribution in [-0.4, -0.2) is 26.0 Å². The molecule has 6 nitrogen and oxygen atoms in total. The smallest absolute Gasteiger partial charge is 0.313 e. The molecule has 0 saturated carbocycles. The van der Waals surface area contributed by atoms with Gasteiger partial charge in [0.15, 0.2) is 0 Å². The molecule has 0 spiro atoms. The highest BCUT2D eigenvalue weighted by atomic mass is 16.5. The maximum Gasteiger partial charge on any atom is 0.313 e. The summed E-state index contributed by atoms with van der Waals surface area (Å²) in [5.74, 6) is -0.449. The van der Waals surface area contributed by atoms with Gasteiger partial charge >= 0.3 is 11.8 Å². The lowest BCUT2D eigenvalue weighted by atomic mass is 9.89. The highest BCUT2D eigenvalue weighted by Crippen LogP contribution is 2.29. The Hall–Kier alpha value is -3.02. The second-order valence-electron chi connectivity index (χ2n) is 6.95. The Labute approximate surface area is 165 Å². The van der Waals surface area contributed by atoms with E-state index in [1.54, 1.807) is 18.2 Å². The Morgan fingerprint density at radius 1 is 0.929 bits per heavy atom. The van der Waals surface area contributed by atoms with E-state index in [2.05, 4.69) is 22.8 Å². The van der Waals surface area contributed by atoms with E-state index in [4.69, 9.17) is 9.47 Å². The molecule has 1 aliphatic rings. The maximum atomic E-state index is 12.4. The lowest BCUT2D eigenvalue weighted by Gasteiger charge is -2.20. The molecular weight excluding hydrogens is 356 g/mol. The van der Waals surface area contributed by atoms with Crippen LogP contribution >= 0.6 is 0 Å². The maximum absolute atomic E-state index is 12.4. The van der Waals surface area contributed by atoms with E-state index in [9.17, 15) is 9.59 Å². The van der Waals surface area contributed by atoms with E-state index in [-0.39, 0.29) is 6.04 Å². The van der Waals surface area contributed by atoms with Gasteiger partial charge in [-0.1, -0.05) is 18.2 Å². The molecule has 0 aliphatic heterocycles. The number of nitrogens with one attached hydrogen (secondary N) is 2. The Kier molecular flexibility index (Phi) is 6.19. The fraction of sp³-hybridized carbons (Fsp3) is 0.364. The van der Waals surface area contributed by atoms with Gasteiger partial charge < -0.3 is 20.1 Å². The van der Waals surface area contributed by atoms with Crippen LogP contribution in [0.5, 0.6) is 11.5 Å². The van der Waals surface area contributed by atoms with Crippen LogP contribution < -0.4 is 20.1 Å². The number of carbonyl (C=O) groups excluding carboxylic acids is 2. The molecule has 1 aliphatic carbocycles. The number of hydrogen-bond donors (Lipinski definition) is 2. The standard InChI is InChI=1S/C22H26N2O4/c1-14(16-9-8-15-6-4-5-7-17(15)12-16)23-21(25)22(26)24-19-13-18(27-2)10-11-20(19)28-3/h8-14H,4-7H2,1-3H3,(H,23,25)(H,24,26). The number of fused-ring (bicyclic) bond motifs is 1. The Bertz CT molecular complexity index is 879. The zero-order valence-electron chi connectivity index (χ0n) is 16.5. The molecule has 2 amide bonds. The van der Waals surface area contributed by atoms with Crippen molar-refractivity contribution in [1.29, 1.82) is 0 Å². The largest absolute Gasteiger partial charge is 0.497 e. The summed E-state index contributed by atoms with van der Waals surface area (Å²) < 4.78 is 10.4. The number of aryl methyl sites for hydroxylation is 2. The molecule has 0 radical (unpaired) electrons. The summed E-state index contributed by atoms with van der Waals surface area (Å²) in [7, 11) is 3.02. The van der Waals surface area contributed by atoms with Crippen LogP contribution in [0.1, 0.15) is 42.5 Å². The Morgan fingerprint density at radius 2 is 1.68 bits per heavy atom. The molecule has 1 unspecified atom stereocenters. The summed E-state index contributed by atoms with van der Waals surface area (Å²) in [6.45, 7) is 1.88. The Morgan fingerprint density at radius 3 is 2.39 bits per heavy atom. The van der Waals surface area contributed by atoms with Gasteiger partial charge in [-0.05, 0) is 61.4 Å². The molecule has 6 heteroatoms. The third-order valence-corrected chi connectivity index (χ3v) is 5.08. The lowest BCUT2D eigenvalue weighted by Crippen LogP contribution is -2.37. The topological polar surface area (TPSA) is 76.7 Å². The number of rotatable bonds is 5. The van der Waals surface area contributed by atoms with Gasteiger partial charge in [0.25, 0.3) is 0 Å². The number of anilines is 1. The van der Waals surface area contributed by atoms with E-state index in [0.717, 1.165) is 18.4 Å². The van der Waals surface area contributed by atoms with Crippen LogP contribution in [0.3, 0.4) is 0 Å². The van der Waals surface area contributed by atoms with Crippen LogP contribution in [0.4, 0.5) is 5.69 Å². The van der Waals surface area contributed by atoms with E-state index < -0.39 is 11.8 Å². The Balaban J connectivity index is 1.66. The van der Waals surface area contributed by atoms with Gasteiger partial charge in [0.1, 0.15) is 11.5 Å². The normalized spacial score (nSPS) is 13.8. The molecular formula is C22H26N2O4. The molecule has 2 N–H and O–H groups in total.